The number of hydrogen-bond acceptors (Lipinski definition) is 6. The molecule has 0 spiro atoms. The zero-order chi connectivity index (χ0) is 25.4. The summed E-state index contributed by atoms with van der Waals surface area (Å²) in [6.45, 7) is -0.0455. The number of amides is 2. The summed E-state index contributed by atoms with van der Waals surface area (Å²) in [5.41, 5.74) is 3.50. The van der Waals surface area contributed by atoms with E-state index >= 15 is 0 Å². The van der Waals surface area contributed by atoms with Crippen molar-refractivity contribution in [2.24, 2.45) is 0 Å². The highest BCUT2D eigenvalue weighted by Gasteiger charge is 2.38. The fraction of sp³-hybridized carbons (Fsp3) is 0.250. The smallest absolute Gasteiger partial charge is 0.240 e. The summed E-state index contributed by atoms with van der Waals surface area (Å²) in [6.07, 6.45) is 1.98. The van der Waals surface area contributed by atoms with Crippen LogP contribution in [0.1, 0.15) is 28.5 Å². The first-order valence-electron chi connectivity index (χ1n) is 12.2. The van der Waals surface area contributed by atoms with E-state index in [9.17, 15) is 9.59 Å². The predicted molar refractivity (Wildman–Crippen MR) is 148 cm³/mol. The van der Waals surface area contributed by atoms with Gasteiger partial charge in [-0.15, -0.1) is 23.1 Å². The number of thioether (sulfide) groups is 1. The Morgan fingerprint density at radius 3 is 2.54 bits per heavy atom. The molecule has 7 nitrogen and oxygen atoms in total. The minimum atomic E-state index is -0.148. The standard InChI is InChI=1S/C28H26N4O3S2/c1-35-21-13-11-20(12-14-21)32-28-25(26(30-32)18-6-3-2-4-7-18)27(22-8-5-15-36-22)37-17-24(34)31(28)16-23(33)29-19-9-10-19/h2-8,11-15,19,27H,9-10,16-17H2,1H3,(H,29,33)/t27-/m1/s1. The highest BCUT2D eigenvalue weighted by Crippen LogP contribution is 2.49. The average molecular weight is 531 g/mol. The van der Waals surface area contributed by atoms with Crippen molar-refractivity contribution >= 4 is 40.7 Å². The maximum Gasteiger partial charge on any atom is 0.240 e. The molecule has 188 valence electrons. The van der Waals surface area contributed by atoms with Crippen molar-refractivity contribution in [3.8, 4) is 22.7 Å². The van der Waals surface area contributed by atoms with Gasteiger partial charge in [-0.2, -0.15) is 5.10 Å². The van der Waals surface area contributed by atoms with Gasteiger partial charge in [-0.25, -0.2) is 4.68 Å². The van der Waals surface area contributed by atoms with Gasteiger partial charge in [-0.3, -0.25) is 14.5 Å². The first kappa shape index (κ1) is 23.8. The SMILES string of the molecule is COc1ccc(-n2nc(-c3ccccc3)c3c2N(CC(=O)NC2CC2)C(=O)CS[C@@H]3c2cccs2)cc1. The molecule has 0 bridgehead atoms. The maximum absolute atomic E-state index is 13.6. The lowest BCUT2D eigenvalue weighted by molar-refractivity contribution is -0.123. The Balaban J connectivity index is 1.58. The van der Waals surface area contributed by atoms with Gasteiger partial charge in [0, 0.05) is 22.0 Å². The summed E-state index contributed by atoms with van der Waals surface area (Å²) < 4.78 is 7.17. The molecule has 1 saturated carbocycles. The van der Waals surface area contributed by atoms with Crippen LogP contribution in [0.4, 0.5) is 5.82 Å². The molecule has 0 radical (unpaired) electrons. The third-order valence-corrected chi connectivity index (χ3v) is 8.82. The molecular formula is C28H26N4O3S2. The van der Waals surface area contributed by atoms with E-state index in [4.69, 9.17) is 9.84 Å². The lowest BCUT2D eigenvalue weighted by atomic mass is 10.0. The van der Waals surface area contributed by atoms with Gasteiger partial charge < -0.3 is 10.1 Å². The lowest BCUT2D eigenvalue weighted by Crippen LogP contribution is -2.43. The average Bonchev–Trinajstić information content (AvgIpc) is 3.45. The molecule has 1 N–H and O–H groups in total. The Bertz CT molecular complexity index is 1410. The van der Waals surface area contributed by atoms with Crippen LogP contribution < -0.4 is 15.0 Å². The molecule has 2 aliphatic rings. The molecule has 0 saturated heterocycles. The van der Waals surface area contributed by atoms with Gasteiger partial charge in [0.15, 0.2) is 0 Å². The summed E-state index contributed by atoms with van der Waals surface area (Å²) in [5, 5.41) is 10.1. The van der Waals surface area contributed by atoms with Crippen LogP contribution in [-0.2, 0) is 9.59 Å². The second kappa shape index (κ2) is 10.1. The third-order valence-electron chi connectivity index (χ3n) is 6.50. The number of ether oxygens (including phenoxy) is 1. The zero-order valence-electron chi connectivity index (χ0n) is 20.3. The van der Waals surface area contributed by atoms with E-state index < -0.39 is 0 Å². The van der Waals surface area contributed by atoms with Gasteiger partial charge in [0.25, 0.3) is 0 Å². The van der Waals surface area contributed by atoms with E-state index in [2.05, 4.69) is 16.8 Å². The number of thiophene rings is 1. The maximum atomic E-state index is 13.6. The number of anilines is 1. The minimum Gasteiger partial charge on any atom is -0.497 e. The van der Waals surface area contributed by atoms with Crippen molar-refractivity contribution in [1.82, 2.24) is 15.1 Å². The van der Waals surface area contributed by atoms with E-state index in [0.717, 1.165) is 46.0 Å². The number of carbonyl (C=O) groups is 2. The van der Waals surface area contributed by atoms with Gasteiger partial charge in [0.05, 0.1) is 29.5 Å². The summed E-state index contributed by atoms with van der Waals surface area (Å²) in [6, 6.07) is 22.0. The number of methoxy groups -OCH3 is 1. The van der Waals surface area contributed by atoms with Crippen LogP contribution in [0.3, 0.4) is 0 Å². The summed E-state index contributed by atoms with van der Waals surface area (Å²) in [5.74, 6) is 1.39. The molecule has 37 heavy (non-hydrogen) atoms. The van der Waals surface area contributed by atoms with Crippen molar-refractivity contribution in [3.63, 3.8) is 0 Å². The monoisotopic (exact) mass is 530 g/mol. The normalized spacial score (nSPS) is 17.3. The van der Waals surface area contributed by atoms with Crippen LogP contribution >= 0.6 is 23.1 Å². The molecule has 2 aromatic heterocycles. The molecule has 1 aliphatic carbocycles. The van der Waals surface area contributed by atoms with E-state index in [1.54, 1.807) is 35.1 Å². The van der Waals surface area contributed by atoms with Gasteiger partial charge >= 0.3 is 0 Å². The second-order valence-corrected chi connectivity index (χ2v) is 11.2. The van der Waals surface area contributed by atoms with Crippen molar-refractivity contribution in [2.75, 3.05) is 24.3 Å². The quantitative estimate of drug-likeness (QED) is 0.362. The fourth-order valence-electron chi connectivity index (χ4n) is 4.54. The van der Waals surface area contributed by atoms with E-state index in [-0.39, 0.29) is 35.4 Å². The number of fused-ring (bicyclic) bond motifs is 1. The lowest BCUT2D eigenvalue weighted by Gasteiger charge is -2.23. The first-order chi connectivity index (χ1) is 18.1. The highest BCUT2D eigenvalue weighted by molar-refractivity contribution is 8.00. The van der Waals surface area contributed by atoms with Crippen molar-refractivity contribution < 1.29 is 14.3 Å². The van der Waals surface area contributed by atoms with Crippen LogP contribution in [0.25, 0.3) is 16.9 Å². The molecule has 0 unspecified atom stereocenters. The molecular weight excluding hydrogens is 504 g/mol. The Kier molecular flexibility index (Phi) is 6.48. The molecule has 1 fully saturated rings. The van der Waals surface area contributed by atoms with Crippen LogP contribution in [-0.4, -0.2) is 47.0 Å². The summed E-state index contributed by atoms with van der Waals surface area (Å²) in [7, 11) is 1.63. The molecule has 3 heterocycles. The first-order valence-corrected chi connectivity index (χ1v) is 14.1. The fourth-order valence-corrected chi connectivity index (χ4v) is 6.72. The molecule has 4 aromatic rings. The van der Waals surface area contributed by atoms with Crippen LogP contribution in [0, 0.1) is 0 Å². The highest BCUT2D eigenvalue weighted by atomic mass is 32.2. The summed E-state index contributed by atoms with van der Waals surface area (Å²) in [4.78, 5) is 29.4. The molecule has 2 amide bonds. The molecule has 1 atom stereocenters. The molecule has 2 aromatic carbocycles. The third kappa shape index (κ3) is 4.76. The Morgan fingerprint density at radius 1 is 1.08 bits per heavy atom. The van der Waals surface area contributed by atoms with Crippen molar-refractivity contribution in [1.29, 1.82) is 0 Å². The van der Waals surface area contributed by atoms with Crippen molar-refractivity contribution in [2.45, 2.75) is 24.1 Å². The van der Waals surface area contributed by atoms with Crippen LogP contribution in [0.5, 0.6) is 5.75 Å². The Hall–Kier alpha value is -3.56. The van der Waals surface area contributed by atoms with Gasteiger partial charge in [-0.1, -0.05) is 36.4 Å². The van der Waals surface area contributed by atoms with Crippen LogP contribution in [0.15, 0.2) is 72.1 Å². The zero-order valence-corrected chi connectivity index (χ0v) is 21.9. The number of benzene rings is 2. The van der Waals surface area contributed by atoms with Crippen LogP contribution in [0.2, 0.25) is 0 Å². The predicted octanol–water partition coefficient (Wildman–Crippen LogP) is 5.06. The topological polar surface area (TPSA) is 76.5 Å². The van der Waals surface area contributed by atoms with E-state index in [0.29, 0.717) is 5.82 Å². The van der Waals surface area contributed by atoms with E-state index in [1.165, 1.54) is 0 Å². The largest absolute Gasteiger partial charge is 0.497 e. The van der Waals surface area contributed by atoms with E-state index in [1.807, 2.05) is 65.3 Å². The molecule has 6 rings (SSSR count). The van der Waals surface area contributed by atoms with Gasteiger partial charge in [-0.05, 0) is 48.6 Å². The second-order valence-electron chi connectivity index (χ2n) is 9.09. The van der Waals surface area contributed by atoms with Gasteiger partial charge in [0.1, 0.15) is 18.1 Å². The molecule has 9 heteroatoms. The number of hydrogen-bond donors (Lipinski definition) is 1. The number of nitrogens with zero attached hydrogens (tertiary/aromatic N) is 3. The Morgan fingerprint density at radius 2 is 1.86 bits per heavy atom. The summed E-state index contributed by atoms with van der Waals surface area (Å²) >= 11 is 3.25. The number of carbonyl (C=O) groups excluding carboxylic acids is 2. The van der Waals surface area contributed by atoms with Crippen molar-refractivity contribution in [3.05, 3.63) is 82.6 Å². The minimum absolute atomic E-state index is 0.0455. The molecule has 1 aliphatic heterocycles. The number of nitrogens with one attached hydrogen (secondary N) is 1. The Labute approximate surface area is 223 Å². The number of rotatable bonds is 7. The number of aromatic nitrogens is 2. The van der Waals surface area contributed by atoms with Gasteiger partial charge in [0.2, 0.25) is 11.8 Å².